The van der Waals surface area contributed by atoms with Gasteiger partial charge in [0.15, 0.2) is 5.16 Å². The Morgan fingerprint density at radius 2 is 2.10 bits per heavy atom. The van der Waals surface area contributed by atoms with Crippen molar-refractivity contribution >= 4 is 17.7 Å². The molecule has 0 aliphatic heterocycles. The summed E-state index contributed by atoms with van der Waals surface area (Å²) in [6.45, 7) is 1.82. The van der Waals surface area contributed by atoms with Gasteiger partial charge in [0.1, 0.15) is 0 Å². The molecule has 0 unspecified atom stereocenters. The number of rotatable bonds is 5. The molecule has 1 aliphatic rings. The molecule has 2 aromatic rings. The zero-order valence-corrected chi connectivity index (χ0v) is 12.1. The fourth-order valence-corrected chi connectivity index (χ4v) is 3.06. The average molecular weight is 287 g/mol. The highest BCUT2D eigenvalue weighted by atomic mass is 32.2. The van der Waals surface area contributed by atoms with Crippen LogP contribution in [0.2, 0.25) is 0 Å². The summed E-state index contributed by atoms with van der Waals surface area (Å²) >= 11 is 1.44. The monoisotopic (exact) mass is 287 g/mol. The Morgan fingerprint density at radius 1 is 1.40 bits per heavy atom. The van der Waals surface area contributed by atoms with Crippen molar-refractivity contribution in [3.05, 3.63) is 36.5 Å². The minimum Gasteiger partial charge on any atom is -0.369 e. The van der Waals surface area contributed by atoms with E-state index in [0.29, 0.717) is 6.04 Å². The first kappa shape index (κ1) is 13.2. The zero-order chi connectivity index (χ0) is 14.1. The number of amides is 1. The van der Waals surface area contributed by atoms with E-state index >= 15 is 0 Å². The molecule has 1 saturated carbocycles. The number of nitrogens with zero attached hydrogens (tertiary/aromatic N) is 2. The highest BCUT2D eigenvalue weighted by molar-refractivity contribution is 8.00. The van der Waals surface area contributed by atoms with Crippen molar-refractivity contribution in [2.45, 2.75) is 36.2 Å². The Kier molecular flexibility index (Phi) is 3.53. The Labute approximate surface area is 122 Å². The van der Waals surface area contributed by atoms with E-state index in [1.165, 1.54) is 24.6 Å². The average Bonchev–Trinajstić information content (AvgIpc) is 3.21. The number of nitrogens with two attached hydrogens (primary N) is 1. The standard InChI is InChI=1S/C15H17N3OS/c1-10(14(16)19)20-15-17-9-13(18(15)12-7-8-12)11-5-3-2-4-6-11/h2-6,9-10,12H,7-8H2,1H3,(H2,16,19)/t10-/m1/s1. The van der Waals surface area contributed by atoms with E-state index in [-0.39, 0.29) is 11.2 Å². The van der Waals surface area contributed by atoms with Crippen molar-refractivity contribution < 1.29 is 4.79 Å². The summed E-state index contributed by atoms with van der Waals surface area (Å²) in [7, 11) is 0. The summed E-state index contributed by atoms with van der Waals surface area (Å²) in [6, 6.07) is 10.7. The molecule has 0 radical (unpaired) electrons. The molecule has 104 valence electrons. The molecule has 1 aliphatic carbocycles. The van der Waals surface area contributed by atoms with Gasteiger partial charge >= 0.3 is 0 Å². The van der Waals surface area contributed by atoms with Gasteiger partial charge in [-0.15, -0.1) is 0 Å². The molecular weight excluding hydrogens is 270 g/mol. The van der Waals surface area contributed by atoms with Crippen LogP contribution in [0.1, 0.15) is 25.8 Å². The molecule has 3 rings (SSSR count). The summed E-state index contributed by atoms with van der Waals surface area (Å²) in [4.78, 5) is 15.7. The van der Waals surface area contributed by atoms with Crippen molar-refractivity contribution in [2.24, 2.45) is 5.73 Å². The molecule has 0 spiro atoms. The second-order valence-electron chi connectivity index (χ2n) is 5.06. The topological polar surface area (TPSA) is 60.9 Å². The highest BCUT2D eigenvalue weighted by Gasteiger charge is 2.30. The number of carbonyl (C=O) groups excluding carboxylic acids is 1. The number of aromatic nitrogens is 2. The second kappa shape index (κ2) is 5.32. The van der Waals surface area contributed by atoms with Crippen LogP contribution in [0.4, 0.5) is 0 Å². The van der Waals surface area contributed by atoms with E-state index in [9.17, 15) is 4.79 Å². The molecule has 1 fully saturated rings. The van der Waals surface area contributed by atoms with Gasteiger partial charge in [0, 0.05) is 6.04 Å². The second-order valence-corrected chi connectivity index (χ2v) is 6.36. The maximum atomic E-state index is 11.2. The van der Waals surface area contributed by atoms with Crippen molar-refractivity contribution in [1.82, 2.24) is 9.55 Å². The first-order chi connectivity index (χ1) is 9.66. The van der Waals surface area contributed by atoms with Crippen molar-refractivity contribution in [3.63, 3.8) is 0 Å². The third-order valence-electron chi connectivity index (χ3n) is 3.43. The van der Waals surface area contributed by atoms with Crippen LogP contribution < -0.4 is 5.73 Å². The number of hydrogen-bond acceptors (Lipinski definition) is 3. The molecule has 0 saturated heterocycles. The summed E-state index contributed by atoms with van der Waals surface area (Å²) in [5.41, 5.74) is 7.62. The van der Waals surface area contributed by atoms with Crippen LogP contribution in [0, 0.1) is 0 Å². The lowest BCUT2D eigenvalue weighted by atomic mass is 10.2. The first-order valence-electron chi connectivity index (χ1n) is 6.75. The third-order valence-corrected chi connectivity index (χ3v) is 4.53. The Balaban J connectivity index is 1.96. The van der Waals surface area contributed by atoms with E-state index in [4.69, 9.17) is 5.73 Å². The predicted octanol–water partition coefficient (Wildman–Crippen LogP) is 2.85. The smallest absolute Gasteiger partial charge is 0.230 e. The highest BCUT2D eigenvalue weighted by Crippen LogP contribution is 2.42. The molecular formula is C15H17N3OS. The van der Waals surface area contributed by atoms with Crippen LogP contribution in [0.5, 0.6) is 0 Å². The number of primary amides is 1. The van der Waals surface area contributed by atoms with E-state index < -0.39 is 0 Å². The van der Waals surface area contributed by atoms with Crippen LogP contribution in [0.25, 0.3) is 11.3 Å². The summed E-state index contributed by atoms with van der Waals surface area (Å²) in [5, 5.41) is 0.621. The minimum absolute atomic E-state index is 0.265. The zero-order valence-electron chi connectivity index (χ0n) is 11.3. The Bertz CT molecular complexity index is 619. The molecule has 1 amide bonds. The SMILES string of the molecule is C[C@@H](Sc1ncc(-c2ccccc2)n1C1CC1)C(N)=O. The van der Waals surface area contributed by atoms with Gasteiger partial charge in [0.25, 0.3) is 0 Å². The first-order valence-corrected chi connectivity index (χ1v) is 7.63. The number of hydrogen-bond donors (Lipinski definition) is 1. The normalized spacial score (nSPS) is 16.1. The van der Waals surface area contributed by atoms with Crippen LogP contribution >= 0.6 is 11.8 Å². The minimum atomic E-state index is -0.304. The molecule has 5 heteroatoms. The number of carbonyl (C=O) groups is 1. The fraction of sp³-hybridized carbons (Fsp3) is 0.333. The Hall–Kier alpha value is -1.75. The van der Waals surface area contributed by atoms with Gasteiger partial charge in [0.2, 0.25) is 5.91 Å². The molecule has 0 bridgehead atoms. The molecule has 1 atom stereocenters. The van der Waals surface area contributed by atoms with Gasteiger partial charge in [-0.2, -0.15) is 0 Å². The van der Waals surface area contributed by atoms with Crippen LogP contribution in [0.15, 0.2) is 41.7 Å². The van der Waals surface area contributed by atoms with E-state index in [0.717, 1.165) is 16.4 Å². The molecule has 1 heterocycles. The van der Waals surface area contributed by atoms with Crippen LogP contribution in [-0.2, 0) is 4.79 Å². The molecule has 4 nitrogen and oxygen atoms in total. The molecule has 1 aromatic heterocycles. The quantitative estimate of drug-likeness (QED) is 0.860. The maximum absolute atomic E-state index is 11.2. The lowest BCUT2D eigenvalue weighted by molar-refractivity contribution is -0.117. The van der Waals surface area contributed by atoms with Crippen molar-refractivity contribution in [3.8, 4) is 11.3 Å². The van der Waals surface area contributed by atoms with Gasteiger partial charge in [-0.25, -0.2) is 4.98 Å². The number of benzene rings is 1. The number of thioether (sulfide) groups is 1. The Morgan fingerprint density at radius 3 is 2.70 bits per heavy atom. The van der Waals surface area contributed by atoms with Gasteiger partial charge < -0.3 is 10.3 Å². The largest absolute Gasteiger partial charge is 0.369 e. The molecule has 1 aromatic carbocycles. The summed E-state index contributed by atoms with van der Waals surface area (Å²) in [6.07, 6.45) is 4.24. The van der Waals surface area contributed by atoms with Gasteiger partial charge in [0.05, 0.1) is 17.1 Å². The van der Waals surface area contributed by atoms with Crippen LogP contribution in [0.3, 0.4) is 0 Å². The lowest BCUT2D eigenvalue weighted by Gasteiger charge is -2.12. The number of imidazole rings is 1. The van der Waals surface area contributed by atoms with Crippen molar-refractivity contribution in [2.75, 3.05) is 0 Å². The van der Waals surface area contributed by atoms with E-state index in [2.05, 4.69) is 21.7 Å². The van der Waals surface area contributed by atoms with Crippen molar-refractivity contribution in [1.29, 1.82) is 0 Å². The third kappa shape index (κ3) is 2.58. The van der Waals surface area contributed by atoms with Crippen LogP contribution in [-0.4, -0.2) is 20.7 Å². The summed E-state index contributed by atoms with van der Waals surface area (Å²) in [5.74, 6) is -0.304. The summed E-state index contributed by atoms with van der Waals surface area (Å²) < 4.78 is 2.25. The van der Waals surface area contributed by atoms with E-state index in [1.807, 2.05) is 31.3 Å². The van der Waals surface area contributed by atoms with Gasteiger partial charge in [-0.05, 0) is 25.3 Å². The fourth-order valence-electron chi connectivity index (χ4n) is 2.16. The van der Waals surface area contributed by atoms with E-state index in [1.54, 1.807) is 0 Å². The van der Waals surface area contributed by atoms with Gasteiger partial charge in [-0.3, -0.25) is 4.79 Å². The molecule has 2 N–H and O–H groups in total. The predicted molar refractivity (Wildman–Crippen MR) is 80.4 cm³/mol. The maximum Gasteiger partial charge on any atom is 0.230 e. The molecule has 20 heavy (non-hydrogen) atoms. The lowest BCUT2D eigenvalue weighted by Crippen LogP contribution is -2.23. The van der Waals surface area contributed by atoms with Gasteiger partial charge in [-0.1, -0.05) is 42.1 Å².